The van der Waals surface area contributed by atoms with Gasteiger partial charge in [-0.3, -0.25) is 4.79 Å². The van der Waals surface area contributed by atoms with Crippen molar-refractivity contribution in [2.45, 2.75) is 38.7 Å². The van der Waals surface area contributed by atoms with Crippen LogP contribution >= 0.6 is 0 Å². The summed E-state index contributed by atoms with van der Waals surface area (Å²) in [6, 6.07) is 14.7. The highest BCUT2D eigenvalue weighted by Gasteiger charge is 2.16. The van der Waals surface area contributed by atoms with Crippen LogP contribution in [0.25, 0.3) is 0 Å². The first-order valence-corrected chi connectivity index (χ1v) is 8.55. The van der Waals surface area contributed by atoms with Crippen LogP contribution < -0.4 is 14.8 Å². The van der Waals surface area contributed by atoms with Crippen LogP contribution in [-0.4, -0.2) is 18.6 Å². The van der Waals surface area contributed by atoms with Crippen molar-refractivity contribution in [1.82, 2.24) is 0 Å². The van der Waals surface area contributed by atoms with E-state index in [-0.39, 0.29) is 5.91 Å². The van der Waals surface area contributed by atoms with Crippen LogP contribution in [-0.2, 0) is 0 Å². The fraction of sp³-hybridized carbons (Fsp3) is 0.350. The van der Waals surface area contributed by atoms with Gasteiger partial charge in [-0.2, -0.15) is 0 Å². The summed E-state index contributed by atoms with van der Waals surface area (Å²) in [5, 5.41) is 2.90. The van der Waals surface area contributed by atoms with Crippen LogP contribution in [0.15, 0.2) is 48.5 Å². The molecule has 0 aliphatic heterocycles. The highest BCUT2D eigenvalue weighted by atomic mass is 16.5. The van der Waals surface area contributed by atoms with Gasteiger partial charge >= 0.3 is 0 Å². The van der Waals surface area contributed by atoms with Crippen LogP contribution in [0.5, 0.6) is 11.5 Å². The molecule has 0 aromatic heterocycles. The topological polar surface area (TPSA) is 47.6 Å². The average molecular weight is 325 g/mol. The molecule has 1 N–H and O–H groups in total. The molecular formula is C20H23NO3. The lowest BCUT2D eigenvalue weighted by molar-refractivity contribution is 0.102. The molecule has 0 saturated heterocycles. The molecule has 126 valence electrons. The molecule has 2 aromatic rings. The van der Waals surface area contributed by atoms with Crippen molar-refractivity contribution in [3.8, 4) is 11.5 Å². The van der Waals surface area contributed by atoms with Crippen LogP contribution in [0.4, 0.5) is 5.69 Å². The number of benzene rings is 2. The summed E-state index contributed by atoms with van der Waals surface area (Å²) < 4.78 is 11.3. The van der Waals surface area contributed by atoms with Crippen LogP contribution in [0.2, 0.25) is 0 Å². The Balaban J connectivity index is 1.57. The minimum atomic E-state index is -0.137. The van der Waals surface area contributed by atoms with E-state index in [4.69, 9.17) is 9.47 Å². The minimum absolute atomic E-state index is 0.137. The molecule has 3 rings (SSSR count). The third-order valence-corrected chi connectivity index (χ3v) is 4.14. The fourth-order valence-corrected chi connectivity index (χ4v) is 2.89. The maximum atomic E-state index is 12.3. The Bertz CT molecular complexity index is 658. The fourth-order valence-electron chi connectivity index (χ4n) is 2.89. The van der Waals surface area contributed by atoms with E-state index in [0.717, 1.165) is 30.0 Å². The van der Waals surface area contributed by atoms with Crippen molar-refractivity contribution >= 4 is 11.6 Å². The van der Waals surface area contributed by atoms with Gasteiger partial charge in [-0.15, -0.1) is 0 Å². The largest absolute Gasteiger partial charge is 0.494 e. The van der Waals surface area contributed by atoms with E-state index in [9.17, 15) is 4.79 Å². The number of nitrogens with one attached hydrogen (secondary N) is 1. The zero-order valence-electron chi connectivity index (χ0n) is 14.0. The van der Waals surface area contributed by atoms with Gasteiger partial charge in [0, 0.05) is 11.3 Å². The van der Waals surface area contributed by atoms with Crippen molar-refractivity contribution in [2.75, 3.05) is 11.9 Å². The maximum absolute atomic E-state index is 12.3. The third-order valence-electron chi connectivity index (χ3n) is 4.14. The van der Waals surface area contributed by atoms with Gasteiger partial charge in [0.15, 0.2) is 0 Å². The second-order valence-corrected chi connectivity index (χ2v) is 5.96. The first-order valence-electron chi connectivity index (χ1n) is 8.55. The van der Waals surface area contributed by atoms with Gasteiger partial charge in [0.05, 0.1) is 12.7 Å². The number of anilines is 1. The number of carbonyl (C=O) groups excluding carboxylic acids is 1. The molecule has 0 radical (unpaired) electrons. The number of carbonyl (C=O) groups is 1. The highest BCUT2D eigenvalue weighted by molar-refractivity contribution is 6.04. The van der Waals surface area contributed by atoms with Crippen LogP contribution in [0.3, 0.4) is 0 Å². The van der Waals surface area contributed by atoms with Gasteiger partial charge in [0.2, 0.25) is 0 Å². The first kappa shape index (κ1) is 16.4. The number of hydrogen-bond acceptors (Lipinski definition) is 3. The van der Waals surface area contributed by atoms with Gasteiger partial charge in [0.1, 0.15) is 11.5 Å². The first-order chi connectivity index (χ1) is 11.7. The van der Waals surface area contributed by atoms with Crippen molar-refractivity contribution in [3.63, 3.8) is 0 Å². The van der Waals surface area contributed by atoms with Crippen molar-refractivity contribution < 1.29 is 14.3 Å². The standard InChI is InChI=1S/C20H23NO3/c1-2-23-17-11-7-15(8-12-17)20(22)21-16-9-13-19(14-10-16)24-18-5-3-4-6-18/h7-14,18H,2-6H2,1H3,(H,21,22). The van der Waals surface area contributed by atoms with Gasteiger partial charge in [-0.1, -0.05) is 0 Å². The lowest BCUT2D eigenvalue weighted by atomic mass is 10.2. The smallest absolute Gasteiger partial charge is 0.255 e. The zero-order chi connectivity index (χ0) is 16.8. The van der Waals surface area contributed by atoms with Gasteiger partial charge in [0.25, 0.3) is 5.91 Å². The van der Waals surface area contributed by atoms with Gasteiger partial charge < -0.3 is 14.8 Å². The molecule has 1 fully saturated rings. The van der Waals surface area contributed by atoms with Crippen molar-refractivity contribution in [1.29, 1.82) is 0 Å². The molecule has 1 aliphatic rings. The summed E-state index contributed by atoms with van der Waals surface area (Å²) in [6.07, 6.45) is 5.11. The molecule has 2 aromatic carbocycles. The molecule has 1 saturated carbocycles. The summed E-state index contributed by atoms with van der Waals surface area (Å²) in [5.41, 5.74) is 1.36. The average Bonchev–Trinajstić information content (AvgIpc) is 3.10. The van der Waals surface area contributed by atoms with E-state index >= 15 is 0 Å². The second kappa shape index (κ2) is 7.86. The molecule has 24 heavy (non-hydrogen) atoms. The molecule has 0 unspecified atom stereocenters. The summed E-state index contributed by atoms with van der Waals surface area (Å²) >= 11 is 0. The zero-order valence-corrected chi connectivity index (χ0v) is 14.0. The Morgan fingerprint density at radius 3 is 2.25 bits per heavy atom. The summed E-state index contributed by atoms with van der Waals surface area (Å²) in [5.74, 6) is 1.49. The predicted molar refractivity (Wildman–Crippen MR) is 94.9 cm³/mol. The highest BCUT2D eigenvalue weighted by Crippen LogP contribution is 2.25. The summed E-state index contributed by atoms with van der Waals surface area (Å²) in [7, 11) is 0. The summed E-state index contributed by atoms with van der Waals surface area (Å²) in [4.78, 5) is 12.3. The lowest BCUT2D eigenvalue weighted by Crippen LogP contribution is -2.12. The number of amides is 1. The number of ether oxygens (including phenoxy) is 2. The summed E-state index contributed by atoms with van der Waals surface area (Å²) in [6.45, 7) is 2.54. The van der Waals surface area contributed by atoms with Crippen molar-refractivity contribution in [2.24, 2.45) is 0 Å². The third kappa shape index (κ3) is 4.28. The number of rotatable bonds is 6. The van der Waals surface area contributed by atoms with Crippen LogP contribution in [0.1, 0.15) is 43.0 Å². The molecule has 0 bridgehead atoms. The quantitative estimate of drug-likeness (QED) is 0.840. The normalized spacial score (nSPS) is 14.4. The van der Waals surface area contributed by atoms with E-state index in [1.807, 2.05) is 31.2 Å². The lowest BCUT2D eigenvalue weighted by Gasteiger charge is -2.13. The Morgan fingerprint density at radius 1 is 1.00 bits per heavy atom. The molecular weight excluding hydrogens is 302 g/mol. The van der Waals surface area contributed by atoms with E-state index in [2.05, 4.69) is 5.32 Å². The van der Waals surface area contributed by atoms with Crippen molar-refractivity contribution in [3.05, 3.63) is 54.1 Å². The monoisotopic (exact) mass is 325 g/mol. The molecule has 0 spiro atoms. The van der Waals surface area contributed by atoms with Crippen LogP contribution in [0, 0.1) is 0 Å². The Labute approximate surface area is 142 Å². The Hall–Kier alpha value is -2.49. The predicted octanol–water partition coefficient (Wildman–Crippen LogP) is 4.66. The molecule has 0 heterocycles. The van der Waals surface area contributed by atoms with E-state index in [0.29, 0.717) is 18.3 Å². The van der Waals surface area contributed by atoms with E-state index in [1.165, 1.54) is 12.8 Å². The Morgan fingerprint density at radius 2 is 1.62 bits per heavy atom. The molecule has 0 atom stereocenters. The molecule has 1 aliphatic carbocycles. The SMILES string of the molecule is CCOc1ccc(C(=O)Nc2ccc(OC3CCCC3)cc2)cc1. The number of hydrogen-bond donors (Lipinski definition) is 1. The maximum Gasteiger partial charge on any atom is 0.255 e. The minimum Gasteiger partial charge on any atom is -0.494 e. The molecule has 1 amide bonds. The van der Waals surface area contributed by atoms with E-state index in [1.54, 1.807) is 24.3 Å². The molecule has 4 nitrogen and oxygen atoms in total. The second-order valence-electron chi connectivity index (χ2n) is 5.96. The Kier molecular flexibility index (Phi) is 5.36. The molecule has 4 heteroatoms. The van der Waals surface area contributed by atoms with E-state index < -0.39 is 0 Å². The van der Waals surface area contributed by atoms with Gasteiger partial charge in [-0.05, 0) is 81.1 Å². The van der Waals surface area contributed by atoms with Gasteiger partial charge in [-0.25, -0.2) is 0 Å².